The van der Waals surface area contributed by atoms with Gasteiger partial charge in [0.25, 0.3) is 0 Å². The van der Waals surface area contributed by atoms with E-state index in [0.717, 1.165) is 25.7 Å². The molecule has 0 amide bonds. The summed E-state index contributed by atoms with van der Waals surface area (Å²) < 4.78 is 9.85. The number of hydrogen-bond donors (Lipinski definition) is 2. The van der Waals surface area contributed by atoms with Gasteiger partial charge in [0.15, 0.2) is 0 Å². The molecule has 5 nitrogen and oxygen atoms in total. The van der Waals surface area contributed by atoms with Crippen molar-refractivity contribution in [3.05, 3.63) is 0 Å². The largest absolute Gasteiger partial charge is 0.464 e. The number of hydrogen-bond acceptors (Lipinski definition) is 5. The standard InChI is InChI=1S/C12H23NO4/c1-2-17-11(14)9-16-8-7-13-10-12(15)5-3-4-6-12/h13,15H,2-10H2,1H3. The molecule has 2 N–H and O–H groups in total. The molecule has 0 aromatic rings. The normalized spacial score (nSPS) is 18.2. The highest BCUT2D eigenvalue weighted by molar-refractivity contribution is 5.70. The number of nitrogens with one attached hydrogen (secondary N) is 1. The number of carbonyl (C=O) groups excluding carboxylic acids is 1. The van der Waals surface area contributed by atoms with Gasteiger partial charge >= 0.3 is 5.97 Å². The van der Waals surface area contributed by atoms with Crippen molar-refractivity contribution in [3.8, 4) is 0 Å². The number of carbonyl (C=O) groups is 1. The van der Waals surface area contributed by atoms with Gasteiger partial charge in [-0.1, -0.05) is 12.8 Å². The van der Waals surface area contributed by atoms with Crippen molar-refractivity contribution in [2.75, 3.05) is 32.9 Å². The second kappa shape index (κ2) is 7.63. The Kier molecular flexibility index (Phi) is 6.47. The van der Waals surface area contributed by atoms with Crippen molar-refractivity contribution in [2.45, 2.75) is 38.2 Å². The van der Waals surface area contributed by atoms with E-state index >= 15 is 0 Å². The van der Waals surface area contributed by atoms with Crippen LogP contribution in [0.15, 0.2) is 0 Å². The second-order valence-electron chi connectivity index (χ2n) is 4.47. The van der Waals surface area contributed by atoms with E-state index in [-0.39, 0.29) is 12.6 Å². The lowest BCUT2D eigenvalue weighted by Gasteiger charge is -2.22. The fourth-order valence-electron chi connectivity index (χ4n) is 2.03. The Labute approximate surface area is 102 Å². The minimum atomic E-state index is -0.527. The highest BCUT2D eigenvalue weighted by Gasteiger charge is 2.30. The van der Waals surface area contributed by atoms with Crippen LogP contribution in [0, 0.1) is 0 Å². The van der Waals surface area contributed by atoms with E-state index in [4.69, 9.17) is 9.47 Å². The molecule has 1 fully saturated rings. The zero-order chi connectivity index (χ0) is 12.6. The Morgan fingerprint density at radius 3 is 2.76 bits per heavy atom. The molecule has 100 valence electrons. The summed E-state index contributed by atoms with van der Waals surface area (Å²) in [4.78, 5) is 10.9. The molecule has 1 aliphatic rings. The molecule has 0 atom stereocenters. The first-order valence-corrected chi connectivity index (χ1v) is 6.33. The van der Waals surface area contributed by atoms with Gasteiger partial charge in [0, 0.05) is 13.1 Å². The van der Waals surface area contributed by atoms with E-state index in [1.165, 1.54) is 0 Å². The zero-order valence-electron chi connectivity index (χ0n) is 10.5. The van der Waals surface area contributed by atoms with Crippen LogP contribution in [0.25, 0.3) is 0 Å². The van der Waals surface area contributed by atoms with Crippen molar-refractivity contribution in [1.29, 1.82) is 0 Å². The van der Waals surface area contributed by atoms with Crippen LogP contribution < -0.4 is 5.32 Å². The van der Waals surface area contributed by atoms with Gasteiger partial charge in [-0.15, -0.1) is 0 Å². The quantitative estimate of drug-likeness (QED) is 0.480. The lowest BCUT2D eigenvalue weighted by atomic mass is 10.0. The Hall–Kier alpha value is -0.650. The third-order valence-corrected chi connectivity index (χ3v) is 2.94. The van der Waals surface area contributed by atoms with Crippen molar-refractivity contribution >= 4 is 5.97 Å². The maximum absolute atomic E-state index is 10.9. The first kappa shape index (κ1) is 14.4. The fourth-order valence-corrected chi connectivity index (χ4v) is 2.03. The van der Waals surface area contributed by atoms with Crippen molar-refractivity contribution < 1.29 is 19.4 Å². The van der Waals surface area contributed by atoms with Gasteiger partial charge in [-0.2, -0.15) is 0 Å². The zero-order valence-corrected chi connectivity index (χ0v) is 10.5. The predicted molar refractivity (Wildman–Crippen MR) is 63.7 cm³/mol. The molecular weight excluding hydrogens is 222 g/mol. The monoisotopic (exact) mass is 245 g/mol. The molecule has 0 saturated heterocycles. The maximum Gasteiger partial charge on any atom is 0.332 e. The molecule has 0 heterocycles. The van der Waals surface area contributed by atoms with Crippen LogP contribution in [0.2, 0.25) is 0 Å². The number of rotatable bonds is 8. The summed E-state index contributed by atoms with van der Waals surface area (Å²) in [6.07, 6.45) is 3.97. The van der Waals surface area contributed by atoms with Crippen molar-refractivity contribution in [3.63, 3.8) is 0 Å². The van der Waals surface area contributed by atoms with Crippen LogP contribution in [0.3, 0.4) is 0 Å². The highest BCUT2D eigenvalue weighted by atomic mass is 16.6. The summed E-state index contributed by atoms with van der Waals surface area (Å²) in [5.74, 6) is -0.332. The Morgan fingerprint density at radius 2 is 2.12 bits per heavy atom. The second-order valence-corrected chi connectivity index (χ2v) is 4.47. The summed E-state index contributed by atoms with van der Waals surface area (Å²) >= 11 is 0. The highest BCUT2D eigenvalue weighted by Crippen LogP contribution is 2.28. The fraction of sp³-hybridized carbons (Fsp3) is 0.917. The van der Waals surface area contributed by atoms with E-state index in [9.17, 15) is 9.90 Å². The topological polar surface area (TPSA) is 67.8 Å². The van der Waals surface area contributed by atoms with Gasteiger partial charge in [-0.3, -0.25) is 0 Å². The number of aliphatic hydroxyl groups is 1. The lowest BCUT2D eigenvalue weighted by molar-refractivity contribution is -0.148. The number of ether oxygens (including phenoxy) is 2. The van der Waals surface area contributed by atoms with Crippen molar-refractivity contribution in [1.82, 2.24) is 5.32 Å². The SMILES string of the molecule is CCOC(=O)COCCNCC1(O)CCCC1. The van der Waals surface area contributed by atoms with E-state index < -0.39 is 5.60 Å². The molecule has 0 spiro atoms. The van der Waals surface area contributed by atoms with E-state index in [2.05, 4.69) is 5.32 Å². The molecule has 17 heavy (non-hydrogen) atoms. The van der Waals surface area contributed by atoms with E-state index in [1.807, 2.05) is 0 Å². The first-order valence-electron chi connectivity index (χ1n) is 6.33. The van der Waals surface area contributed by atoms with Crippen LogP contribution in [0.5, 0.6) is 0 Å². The minimum Gasteiger partial charge on any atom is -0.464 e. The molecule has 0 aromatic heterocycles. The maximum atomic E-state index is 10.9. The molecular formula is C12H23NO4. The van der Waals surface area contributed by atoms with E-state index in [1.54, 1.807) is 6.92 Å². The van der Waals surface area contributed by atoms with Crippen LogP contribution in [0.4, 0.5) is 0 Å². The third-order valence-electron chi connectivity index (χ3n) is 2.94. The first-order chi connectivity index (χ1) is 8.16. The summed E-state index contributed by atoms with van der Waals surface area (Å²) in [7, 11) is 0. The molecule has 5 heteroatoms. The van der Waals surface area contributed by atoms with E-state index in [0.29, 0.717) is 26.3 Å². The Morgan fingerprint density at radius 1 is 1.41 bits per heavy atom. The average molecular weight is 245 g/mol. The molecule has 0 aromatic carbocycles. The summed E-state index contributed by atoms with van der Waals surface area (Å²) in [6.45, 7) is 3.85. The molecule has 0 bridgehead atoms. The minimum absolute atomic E-state index is 0.000210. The molecule has 1 aliphatic carbocycles. The van der Waals surface area contributed by atoms with Gasteiger partial charge in [0.1, 0.15) is 6.61 Å². The van der Waals surface area contributed by atoms with Gasteiger partial charge in [0.05, 0.1) is 18.8 Å². The van der Waals surface area contributed by atoms with Gasteiger partial charge in [-0.05, 0) is 19.8 Å². The van der Waals surface area contributed by atoms with Gasteiger partial charge in [0.2, 0.25) is 0 Å². The molecule has 0 unspecified atom stereocenters. The Balaban J connectivity index is 1.92. The summed E-state index contributed by atoms with van der Waals surface area (Å²) in [5.41, 5.74) is -0.527. The average Bonchev–Trinajstić information content (AvgIpc) is 2.71. The molecule has 1 rings (SSSR count). The smallest absolute Gasteiger partial charge is 0.332 e. The summed E-state index contributed by atoms with van der Waals surface area (Å²) in [6, 6.07) is 0. The number of esters is 1. The van der Waals surface area contributed by atoms with Crippen LogP contribution in [-0.4, -0.2) is 49.6 Å². The lowest BCUT2D eigenvalue weighted by Crippen LogP contribution is -2.39. The molecule has 1 saturated carbocycles. The molecule has 0 aliphatic heterocycles. The third kappa shape index (κ3) is 6.00. The predicted octanol–water partition coefficient (Wildman–Crippen LogP) is 0.461. The van der Waals surface area contributed by atoms with Gasteiger partial charge in [-0.25, -0.2) is 4.79 Å². The molecule has 0 radical (unpaired) electrons. The van der Waals surface area contributed by atoms with Gasteiger partial charge < -0.3 is 19.9 Å². The van der Waals surface area contributed by atoms with Crippen molar-refractivity contribution in [2.24, 2.45) is 0 Å². The van der Waals surface area contributed by atoms with Crippen LogP contribution in [0.1, 0.15) is 32.6 Å². The van der Waals surface area contributed by atoms with Crippen LogP contribution in [-0.2, 0) is 14.3 Å². The van der Waals surface area contributed by atoms with Crippen LogP contribution >= 0.6 is 0 Å². The summed E-state index contributed by atoms with van der Waals surface area (Å²) in [5, 5.41) is 13.2. The Bertz CT molecular complexity index is 227.